The van der Waals surface area contributed by atoms with Crippen LogP contribution in [0.25, 0.3) is 0 Å². The van der Waals surface area contributed by atoms with Gasteiger partial charge in [-0.25, -0.2) is 0 Å². The van der Waals surface area contributed by atoms with Gasteiger partial charge in [0.15, 0.2) is 0 Å². The van der Waals surface area contributed by atoms with Crippen molar-refractivity contribution in [1.82, 2.24) is 5.32 Å². The van der Waals surface area contributed by atoms with Gasteiger partial charge in [0, 0.05) is 17.0 Å². The number of carbonyl (C=O) groups is 2. The molecule has 5 nitrogen and oxygen atoms in total. The number of aliphatic hydroxyl groups excluding tert-OH is 1. The number of carboxylic acid groups (broad SMARTS) is 1. The molecule has 0 spiro atoms. The number of hydrogen-bond acceptors (Lipinski definition) is 3. The summed E-state index contributed by atoms with van der Waals surface area (Å²) in [6.07, 6.45) is -0.0174. The molecule has 0 aliphatic rings. The second kappa shape index (κ2) is 7.26. The molecule has 1 amide bonds. The van der Waals surface area contributed by atoms with Crippen LogP contribution in [0.2, 0.25) is 5.02 Å². The number of carboxylic acids is 1. The zero-order chi connectivity index (χ0) is 15.2. The third-order valence-corrected chi connectivity index (χ3v) is 3.20. The number of amides is 1. The smallest absolute Gasteiger partial charge is 0.304 e. The number of aliphatic hydroxyl groups is 1. The minimum Gasteiger partial charge on any atom is -0.481 e. The van der Waals surface area contributed by atoms with Crippen molar-refractivity contribution in [2.24, 2.45) is 5.41 Å². The highest BCUT2D eigenvalue weighted by Gasteiger charge is 2.27. The van der Waals surface area contributed by atoms with Crippen LogP contribution in [-0.4, -0.2) is 35.2 Å². The Balaban J connectivity index is 2.49. The average Bonchev–Trinajstić information content (AvgIpc) is 2.38. The fourth-order valence-corrected chi connectivity index (χ4v) is 1.83. The molecule has 0 bridgehead atoms. The van der Waals surface area contributed by atoms with Crippen molar-refractivity contribution in [3.8, 4) is 0 Å². The molecule has 0 aromatic heterocycles. The Morgan fingerprint density at radius 3 is 2.40 bits per heavy atom. The molecular formula is C14H18ClNO4. The van der Waals surface area contributed by atoms with Gasteiger partial charge in [-0.05, 0) is 17.7 Å². The van der Waals surface area contributed by atoms with E-state index in [2.05, 4.69) is 5.32 Å². The number of nitrogens with one attached hydrogen (secondary N) is 1. The number of rotatable bonds is 7. The normalized spacial score (nSPS) is 13.6. The topological polar surface area (TPSA) is 86.6 Å². The highest BCUT2D eigenvalue weighted by molar-refractivity contribution is 6.30. The molecule has 0 saturated carbocycles. The van der Waals surface area contributed by atoms with E-state index in [1.165, 1.54) is 0 Å². The van der Waals surface area contributed by atoms with Gasteiger partial charge in [-0.2, -0.15) is 0 Å². The minimum atomic E-state index is -1.01. The summed E-state index contributed by atoms with van der Waals surface area (Å²) in [6, 6.07) is 6.91. The van der Waals surface area contributed by atoms with E-state index >= 15 is 0 Å². The molecule has 110 valence electrons. The number of benzene rings is 1. The van der Waals surface area contributed by atoms with Crippen molar-refractivity contribution in [1.29, 1.82) is 0 Å². The maximum Gasteiger partial charge on any atom is 0.304 e. The summed E-state index contributed by atoms with van der Waals surface area (Å²) >= 11 is 5.75. The van der Waals surface area contributed by atoms with E-state index < -0.39 is 11.4 Å². The fraction of sp³-hybridized carbons (Fsp3) is 0.429. The van der Waals surface area contributed by atoms with Gasteiger partial charge in [-0.3, -0.25) is 9.59 Å². The van der Waals surface area contributed by atoms with E-state index in [-0.39, 0.29) is 31.9 Å². The van der Waals surface area contributed by atoms with Crippen LogP contribution >= 0.6 is 11.6 Å². The molecule has 20 heavy (non-hydrogen) atoms. The summed E-state index contributed by atoms with van der Waals surface area (Å²) < 4.78 is 0. The van der Waals surface area contributed by atoms with Crippen LogP contribution in [0.3, 0.4) is 0 Å². The van der Waals surface area contributed by atoms with Crippen LogP contribution in [0, 0.1) is 5.41 Å². The van der Waals surface area contributed by atoms with Crippen LogP contribution < -0.4 is 5.32 Å². The quantitative estimate of drug-likeness (QED) is 0.711. The zero-order valence-corrected chi connectivity index (χ0v) is 12.0. The van der Waals surface area contributed by atoms with Gasteiger partial charge >= 0.3 is 5.97 Å². The van der Waals surface area contributed by atoms with Gasteiger partial charge < -0.3 is 15.5 Å². The minimum absolute atomic E-state index is 0.113. The van der Waals surface area contributed by atoms with Gasteiger partial charge in [0.05, 0.1) is 19.4 Å². The third kappa shape index (κ3) is 5.59. The molecule has 0 saturated heterocycles. The maximum absolute atomic E-state index is 11.8. The monoisotopic (exact) mass is 299 g/mol. The molecule has 0 heterocycles. The van der Waals surface area contributed by atoms with Crippen molar-refractivity contribution < 1.29 is 19.8 Å². The van der Waals surface area contributed by atoms with Crippen LogP contribution in [0.4, 0.5) is 0 Å². The Kier molecular flexibility index (Phi) is 5.98. The Hall–Kier alpha value is -1.59. The Labute approximate surface area is 122 Å². The first-order valence-electron chi connectivity index (χ1n) is 6.18. The van der Waals surface area contributed by atoms with Crippen molar-refractivity contribution in [2.75, 3.05) is 13.2 Å². The first-order chi connectivity index (χ1) is 9.34. The van der Waals surface area contributed by atoms with E-state index in [0.717, 1.165) is 5.56 Å². The average molecular weight is 300 g/mol. The molecule has 0 fully saturated rings. The standard InChI is InChI=1S/C14H18ClNO4/c1-14(9-17,7-13(19)20)8-16-12(18)6-10-2-4-11(15)5-3-10/h2-5,17H,6-9H2,1H3,(H,16,18)(H,19,20). The van der Waals surface area contributed by atoms with Crippen molar-refractivity contribution in [2.45, 2.75) is 19.8 Å². The predicted molar refractivity (Wildman–Crippen MR) is 75.6 cm³/mol. The van der Waals surface area contributed by atoms with Gasteiger partial charge in [-0.1, -0.05) is 30.7 Å². The summed E-state index contributed by atoms with van der Waals surface area (Å²) in [4.78, 5) is 22.5. The lowest BCUT2D eigenvalue weighted by Crippen LogP contribution is -2.40. The summed E-state index contributed by atoms with van der Waals surface area (Å²) in [5, 5.41) is 21.3. The molecule has 6 heteroatoms. The van der Waals surface area contributed by atoms with E-state index in [0.29, 0.717) is 5.02 Å². The van der Waals surface area contributed by atoms with E-state index in [4.69, 9.17) is 16.7 Å². The SMILES string of the molecule is CC(CO)(CNC(=O)Cc1ccc(Cl)cc1)CC(=O)O. The van der Waals surface area contributed by atoms with Crippen LogP contribution in [0.5, 0.6) is 0 Å². The zero-order valence-electron chi connectivity index (χ0n) is 11.2. The second-order valence-corrected chi connectivity index (χ2v) is 5.56. The van der Waals surface area contributed by atoms with Gasteiger partial charge in [-0.15, -0.1) is 0 Å². The van der Waals surface area contributed by atoms with E-state index in [1.807, 2.05) is 0 Å². The number of aliphatic carboxylic acids is 1. The molecule has 0 aliphatic heterocycles. The third-order valence-electron chi connectivity index (χ3n) is 2.95. The summed E-state index contributed by atoms with van der Waals surface area (Å²) in [5.74, 6) is -1.23. The van der Waals surface area contributed by atoms with E-state index in [9.17, 15) is 14.7 Å². The summed E-state index contributed by atoms with van der Waals surface area (Å²) in [6.45, 7) is 1.42. The molecule has 0 aliphatic carbocycles. The molecule has 3 N–H and O–H groups in total. The lowest BCUT2D eigenvalue weighted by molar-refractivity contribution is -0.140. The number of carbonyl (C=O) groups excluding carboxylic acids is 1. The predicted octanol–water partition coefficient (Wildman–Crippen LogP) is 1.47. The lowest BCUT2D eigenvalue weighted by atomic mass is 9.87. The molecule has 1 aromatic carbocycles. The van der Waals surface area contributed by atoms with Crippen LogP contribution in [0.15, 0.2) is 24.3 Å². The molecular weight excluding hydrogens is 282 g/mol. The van der Waals surface area contributed by atoms with Crippen molar-refractivity contribution >= 4 is 23.5 Å². The highest BCUT2D eigenvalue weighted by Crippen LogP contribution is 2.19. The molecule has 1 rings (SSSR count). The summed E-state index contributed by atoms with van der Waals surface area (Å²) in [7, 11) is 0. The largest absolute Gasteiger partial charge is 0.481 e. The van der Waals surface area contributed by atoms with Crippen LogP contribution in [-0.2, 0) is 16.0 Å². The maximum atomic E-state index is 11.8. The van der Waals surface area contributed by atoms with Gasteiger partial charge in [0.1, 0.15) is 0 Å². The number of hydrogen-bond donors (Lipinski definition) is 3. The van der Waals surface area contributed by atoms with E-state index in [1.54, 1.807) is 31.2 Å². The Bertz CT molecular complexity index is 475. The van der Waals surface area contributed by atoms with Crippen LogP contribution in [0.1, 0.15) is 18.9 Å². The highest BCUT2D eigenvalue weighted by atomic mass is 35.5. The van der Waals surface area contributed by atoms with Gasteiger partial charge in [0.25, 0.3) is 0 Å². The van der Waals surface area contributed by atoms with Crippen molar-refractivity contribution in [3.05, 3.63) is 34.9 Å². The fourth-order valence-electron chi connectivity index (χ4n) is 1.70. The Morgan fingerprint density at radius 1 is 1.30 bits per heavy atom. The molecule has 1 atom stereocenters. The lowest BCUT2D eigenvalue weighted by Gasteiger charge is -2.25. The first-order valence-corrected chi connectivity index (χ1v) is 6.56. The van der Waals surface area contributed by atoms with Crippen molar-refractivity contribution in [3.63, 3.8) is 0 Å². The second-order valence-electron chi connectivity index (χ2n) is 5.12. The molecule has 1 unspecified atom stereocenters. The Morgan fingerprint density at radius 2 is 1.90 bits per heavy atom. The van der Waals surface area contributed by atoms with Gasteiger partial charge in [0.2, 0.25) is 5.91 Å². The molecule has 0 radical (unpaired) electrons. The summed E-state index contributed by atoms with van der Waals surface area (Å²) in [5.41, 5.74) is -0.0440. The number of halogens is 1. The first kappa shape index (κ1) is 16.5. The molecule has 1 aromatic rings.